The summed E-state index contributed by atoms with van der Waals surface area (Å²) in [5.41, 5.74) is 2.92. The van der Waals surface area contributed by atoms with Crippen LogP contribution in [0.4, 0.5) is 0 Å². The van der Waals surface area contributed by atoms with Gasteiger partial charge in [0.1, 0.15) is 24.0 Å². The number of nitriles is 1. The lowest BCUT2D eigenvalue weighted by Crippen LogP contribution is -2.29. The van der Waals surface area contributed by atoms with E-state index in [9.17, 15) is 10.1 Å². The number of ether oxygens (including phenoxy) is 2. The summed E-state index contributed by atoms with van der Waals surface area (Å²) in [6.07, 6.45) is 1.62. The van der Waals surface area contributed by atoms with Crippen LogP contribution in [0.15, 0.2) is 35.9 Å². The van der Waals surface area contributed by atoms with Crippen molar-refractivity contribution in [2.45, 2.75) is 26.8 Å². The van der Waals surface area contributed by atoms with Gasteiger partial charge in [0, 0.05) is 23.5 Å². The second kappa shape index (κ2) is 10.7. The van der Waals surface area contributed by atoms with E-state index in [1.807, 2.05) is 26.0 Å². The van der Waals surface area contributed by atoms with Gasteiger partial charge in [-0.3, -0.25) is 4.79 Å². The molecule has 0 aliphatic rings. The highest BCUT2D eigenvalue weighted by Gasteiger charge is 2.15. The normalized spacial score (nSPS) is 12.3. The standard InChI is InChI=1S/C22H26ClN3O3/c1-15-10-18(17(3)26(15)16(2)14-28-4)11-19(13-24)22(27)25-8-9-29-21-7-5-6-20(23)12-21/h5-7,10-12,16H,8-9,14H2,1-4H3,(H,25,27)/b19-11-. The monoisotopic (exact) mass is 415 g/mol. The summed E-state index contributed by atoms with van der Waals surface area (Å²) >= 11 is 5.91. The summed E-state index contributed by atoms with van der Waals surface area (Å²) in [5, 5.41) is 12.7. The van der Waals surface area contributed by atoms with E-state index >= 15 is 0 Å². The molecule has 2 aromatic rings. The number of aromatic nitrogens is 1. The van der Waals surface area contributed by atoms with Crippen LogP contribution in [0.25, 0.3) is 6.08 Å². The van der Waals surface area contributed by atoms with Crippen molar-refractivity contribution in [1.82, 2.24) is 9.88 Å². The van der Waals surface area contributed by atoms with Crippen molar-refractivity contribution in [2.75, 3.05) is 26.9 Å². The number of rotatable bonds is 9. The highest BCUT2D eigenvalue weighted by molar-refractivity contribution is 6.30. The molecule has 0 spiro atoms. The van der Waals surface area contributed by atoms with Crippen LogP contribution in [0, 0.1) is 25.2 Å². The van der Waals surface area contributed by atoms with E-state index in [0.29, 0.717) is 17.4 Å². The predicted molar refractivity (Wildman–Crippen MR) is 114 cm³/mol. The van der Waals surface area contributed by atoms with Crippen LogP contribution in [0.1, 0.15) is 29.9 Å². The minimum Gasteiger partial charge on any atom is -0.492 e. The van der Waals surface area contributed by atoms with E-state index in [0.717, 1.165) is 17.0 Å². The number of halogens is 1. The zero-order valence-corrected chi connectivity index (χ0v) is 17.9. The van der Waals surface area contributed by atoms with Gasteiger partial charge in [-0.05, 0) is 56.7 Å². The molecule has 0 saturated carbocycles. The van der Waals surface area contributed by atoms with Gasteiger partial charge in [-0.15, -0.1) is 0 Å². The van der Waals surface area contributed by atoms with Crippen molar-refractivity contribution in [3.05, 3.63) is 57.9 Å². The molecule has 1 aromatic carbocycles. The molecule has 0 aliphatic carbocycles. The first kappa shape index (κ1) is 22.5. The van der Waals surface area contributed by atoms with Gasteiger partial charge in [0.2, 0.25) is 0 Å². The molecule has 1 amide bonds. The molecule has 0 radical (unpaired) electrons. The molecule has 0 saturated heterocycles. The minimum absolute atomic E-state index is 0.0485. The Hall–Kier alpha value is -2.75. The molecule has 1 N–H and O–H groups in total. The van der Waals surface area contributed by atoms with Crippen LogP contribution in [0.5, 0.6) is 5.75 Å². The second-order valence-corrected chi connectivity index (χ2v) is 7.17. The first-order chi connectivity index (χ1) is 13.9. The van der Waals surface area contributed by atoms with Crippen molar-refractivity contribution in [1.29, 1.82) is 5.26 Å². The van der Waals surface area contributed by atoms with Crippen molar-refractivity contribution < 1.29 is 14.3 Å². The van der Waals surface area contributed by atoms with Gasteiger partial charge in [0.25, 0.3) is 5.91 Å². The predicted octanol–water partition coefficient (Wildman–Crippen LogP) is 4.07. The number of amides is 1. The van der Waals surface area contributed by atoms with Crippen molar-refractivity contribution >= 4 is 23.6 Å². The maximum atomic E-state index is 12.4. The Labute approximate surface area is 176 Å². The van der Waals surface area contributed by atoms with Crippen molar-refractivity contribution in [2.24, 2.45) is 0 Å². The number of hydrogen-bond acceptors (Lipinski definition) is 4. The first-order valence-electron chi connectivity index (χ1n) is 9.33. The highest BCUT2D eigenvalue weighted by Crippen LogP contribution is 2.23. The smallest absolute Gasteiger partial charge is 0.262 e. The van der Waals surface area contributed by atoms with Crippen LogP contribution in [0.2, 0.25) is 5.02 Å². The van der Waals surface area contributed by atoms with Gasteiger partial charge in [-0.1, -0.05) is 17.7 Å². The molecule has 1 aromatic heterocycles. The fourth-order valence-corrected chi connectivity index (χ4v) is 3.41. The SMILES string of the molecule is COCC(C)n1c(C)cc(/C=C(/C#N)C(=O)NCCOc2cccc(Cl)c2)c1C. The molecule has 1 atom stereocenters. The Bertz CT molecular complexity index is 928. The van der Waals surface area contributed by atoms with Gasteiger partial charge >= 0.3 is 0 Å². The van der Waals surface area contributed by atoms with E-state index in [1.165, 1.54) is 0 Å². The second-order valence-electron chi connectivity index (χ2n) is 6.73. The number of nitrogens with zero attached hydrogens (tertiary/aromatic N) is 2. The number of nitrogens with one attached hydrogen (secondary N) is 1. The summed E-state index contributed by atoms with van der Waals surface area (Å²) in [6, 6.07) is 11.1. The van der Waals surface area contributed by atoms with E-state index in [4.69, 9.17) is 21.1 Å². The van der Waals surface area contributed by atoms with Gasteiger partial charge in [0.05, 0.1) is 19.2 Å². The molecule has 6 nitrogen and oxygen atoms in total. The molecule has 0 fully saturated rings. The first-order valence-corrected chi connectivity index (χ1v) is 9.71. The average molecular weight is 416 g/mol. The molecule has 7 heteroatoms. The highest BCUT2D eigenvalue weighted by atomic mass is 35.5. The van der Waals surface area contributed by atoms with Gasteiger partial charge in [-0.25, -0.2) is 0 Å². The number of aryl methyl sites for hydroxylation is 1. The zero-order valence-electron chi connectivity index (χ0n) is 17.2. The Morgan fingerprint density at radius 3 is 2.79 bits per heavy atom. The maximum Gasteiger partial charge on any atom is 0.262 e. The topological polar surface area (TPSA) is 76.3 Å². The summed E-state index contributed by atoms with van der Waals surface area (Å²) in [7, 11) is 1.67. The molecule has 29 heavy (non-hydrogen) atoms. The van der Waals surface area contributed by atoms with Crippen LogP contribution in [-0.4, -0.2) is 37.3 Å². The van der Waals surface area contributed by atoms with Gasteiger partial charge in [-0.2, -0.15) is 5.26 Å². The molecule has 0 bridgehead atoms. The van der Waals surface area contributed by atoms with Gasteiger partial charge < -0.3 is 19.4 Å². The minimum atomic E-state index is -0.433. The molecule has 1 heterocycles. The average Bonchev–Trinajstić information content (AvgIpc) is 2.96. The maximum absolute atomic E-state index is 12.4. The zero-order chi connectivity index (χ0) is 21.4. The Balaban J connectivity index is 2.01. The molecule has 2 rings (SSSR count). The third-order valence-electron chi connectivity index (χ3n) is 4.49. The summed E-state index contributed by atoms with van der Waals surface area (Å²) in [4.78, 5) is 12.4. The quantitative estimate of drug-likeness (QED) is 0.380. The molecule has 1 unspecified atom stereocenters. The summed E-state index contributed by atoms with van der Waals surface area (Å²) < 4.78 is 12.9. The fraction of sp³-hybridized carbons (Fsp3) is 0.364. The lowest BCUT2D eigenvalue weighted by Gasteiger charge is -2.17. The number of hydrogen-bond donors (Lipinski definition) is 1. The van der Waals surface area contributed by atoms with Crippen molar-refractivity contribution in [3.8, 4) is 11.8 Å². The van der Waals surface area contributed by atoms with Gasteiger partial charge in [0.15, 0.2) is 0 Å². The molecular weight excluding hydrogens is 390 g/mol. The Morgan fingerprint density at radius 2 is 2.14 bits per heavy atom. The molecular formula is C22H26ClN3O3. The summed E-state index contributed by atoms with van der Waals surface area (Å²) in [6.45, 7) is 7.15. The fourth-order valence-electron chi connectivity index (χ4n) is 3.23. The van der Waals surface area contributed by atoms with E-state index in [2.05, 4.69) is 16.8 Å². The Kier molecular flexibility index (Phi) is 8.32. The van der Waals surface area contributed by atoms with E-state index in [1.54, 1.807) is 37.5 Å². The number of carbonyl (C=O) groups is 1. The largest absolute Gasteiger partial charge is 0.492 e. The number of carbonyl (C=O) groups excluding carboxylic acids is 1. The van der Waals surface area contributed by atoms with Crippen molar-refractivity contribution in [3.63, 3.8) is 0 Å². The summed E-state index contributed by atoms with van der Waals surface area (Å²) in [5.74, 6) is 0.192. The van der Waals surface area contributed by atoms with Crippen LogP contribution < -0.4 is 10.1 Å². The number of methoxy groups -OCH3 is 1. The number of benzene rings is 1. The third kappa shape index (κ3) is 6.11. The van der Waals surface area contributed by atoms with Crippen LogP contribution in [0.3, 0.4) is 0 Å². The Morgan fingerprint density at radius 1 is 1.38 bits per heavy atom. The molecule has 0 aliphatic heterocycles. The van der Waals surface area contributed by atoms with Crippen LogP contribution >= 0.6 is 11.6 Å². The van der Waals surface area contributed by atoms with E-state index < -0.39 is 5.91 Å². The lowest BCUT2D eigenvalue weighted by molar-refractivity contribution is -0.117. The lowest BCUT2D eigenvalue weighted by atomic mass is 10.1. The third-order valence-corrected chi connectivity index (χ3v) is 4.72. The van der Waals surface area contributed by atoms with Crippen LogP contribution in [-0.2, 0) is 9.53 Å². The molecule has 154 valence electrons. The van der Waals surface area contributed by atoms with E-state index in [-0.39, 0.29) is 24.8 Å².